The first-order valence-electron chi connectivity index (χ1n) is 21.7. The average Bonchev–Trinajstić information content (AvgIpc) is 3.33. The van der Waals surface area contributed by atoms with Crippen molar-refractivity contribution in [2.24, 2.45) is 0 Å². The van der Waals surface area contributed by atoms with Crippen LogP contribution in [0.1, 0.15) is 22.3 Å². The highest BCUT2D eigenvalue weighted by Gasteiger charge is 2.31. The van der Waals surface area contributed by atoms with E-state index in [1.54, 1.807) is 0 Å². The molecule has 2 aliphatic rings. The molecule has 0 unspecified atom stereocenters. The summed E-state index contributed by atoms with van der Waals surface area (Å²) in [5, 5.41) is 9.86. The minimum Gasteiger partial charge on any atom is -0.309 e. The summed E-state index contributed by atoms with van der Waals surface area (Å²) in [6, 6.07) is 81.4. The zero-order valence-electron chi connectivity index (χ0n) is 34.1. The van der Waals surface area contributed by atoms with E-state index < -0.39 is 0 Å². The van der Waals surface area contributed by atoms with Crippen LogP contribution in [-0.4, -0.2) is 0 Å². The Morgan fingerprint density at radius 1 is 0.242 bits per heavy atom. The number of anilines is 6. The molecule has 0 fully saturated rings. The molecule has 2 nitrogen and oxygen atoms in total. The largest absolute Gasteiger partial charge is 0.309 e. The standard InChI is InChI=1S/C60H40N2/c1-7-25-45-39(17-1)23-13-27-47(45)57-49-29-15-36-56(62-53-33-11-5-21-43(53)38-44-22-6-12-34-54(44)62)60(49)58(48-28-14-24-40-18-2-8-26-46(40)48)50-30-16-35-55(59(50)57)61-51-31-9-3-19-41(51)37-42-20-4-10-32-52(42)61/h1-36H,37-38H2. The highest BCUT2D eigenvalue weighted by molar-refractivity contribution is 6.31. The molecule has 0 spiro atoms. The topological polar surface area (TPSA) is 6.48 Å². The van der Waals surface area contributed by atoms with Crippen LogP contribution in [0.4, 0.5) is 34.1 Å². The highest BCUT2D eigenvalue weighted by Crippen LogP contribution is 2.56. The van der Waals surface area contributed by atoms with Gasteiger partial charge < -0.3 is 9.80 Å². The maximum absolute atomic E-state index is 2.55. The normalized spacial score (nSPS) is 13.0. The first kappa shape index (κ1) is 34.9. The van der Waals surface area contributed by atoms with Crippen molar-refractivity contribution in [1.82, 2.24) is 0 Å². The van der Waals surface area contributed by atoms with Crippen molar-refractivity contribution in [3.63, 3.8) is 0 Å². The molecule has 62 heavy (non-hydrogen) atoms. The van der Waals surface area contributed by atoms with E-state index in [-0.39, 0.29) is 0 Å². The molecule has 0 amide bonds. The lowest BCUT2D eigenvalue weighted by molar-refractivity contribution is 1.09. The highest BCUT2D eigenvalue weighted by atomic mass is 15.2. The van der Waals surface area contributed by atoms with Crippen molar-refractivity contribution in [3.8, 4) is 22.3 Å². The summed E-state index contributed by atoms with van der Waals surface area (Å²) in [4.78, 5) is 5.09. The maximum atomic E-state index is 2.55. The van der Waals surface area contributed by atoms with Crippen molar-refractivity contribution in [3.05, 3.63) is 241 Å². The van der Waals surface area contributed by atoms with Crippen molar-refractivity contribution in [2.75, 3.05) is 9.80 Å². The number of hydrogen-bond donors (Lipinski definition) is 0. The van der Waals surface area contributed by atoms with E-state index in [9.17, 15) is 0 Å². The number of hydrogen-bond acceptors (Lipinski definition) is 2. The van der Waals surface area contributed by atoms with E-state index in [2.05, 4.69) is 228 Å². The fraction of sp³-hybridized carbons (Fsp3) is 0.0333. The second kappa shape index (κ2) is 13.8. The van der Waals surface area contributed by atoms with Crippen molar-refractivity contribution in [1.29, 1.82) is 0 Å². The molecule has 0 radical (unpaired) electrons. The molecule has 13 rings (SSSR count). The van der Waals surface area contributed by atoms with Gasteiger partial charge in [0.25, 0.3) is 0 Å². The number of para-hydroxylation sites is 4. The average molecular weight is 789 g/mol. The van der Waals surface area contributed by atoms with Gasteiger partial charge in [-0.25, -0.2) is 0 Å². The molecule has 0 aromatic heterocycles. The Morgan fingerprint density at radius 2 is 0.532 bits per heavy atom. The van der Waals surface area contributed by atoms with E-state index in [4.69, 9.17) is 0 Å². The van der Waals surface area contributed by atoms with Crippen LogP contribution in [0.5, 0.6) is 0 Å². The first-order chi connectivity index (χ1) is 30.8. The van der Waals surface area contributed by atoms with E-state index in [0.717, 1.165) is 12.8 Å². The van der Waals surface area contributed by atoms with Gasteiger partial charge in [0.1, 0.15) is 0 Å². The quantitative estimate of drug-likeness (QED) is 0.164. The molecule has 0 saturated carbocycles. The Balaban J connectivity index is 1.27. The molecular weight excluding hydrogens is 749 g/mol. The second-order valence-corrected chi connectivity index (χ2v) is 16.7. The molecule has 0 N–H and O–H groups in total. The van der Waals surface area contributed by atoms with Crippen molar-refractivity contribution in [2.45, 2.75) is 12.8 Å². The van der Waals surface area contributed by atoms with Crippen LogP contribution in [0.2, 0.25) is 0 Å². The third-order valence-electron chi connectivity index (χ3n) is 13.4. The van der Waals surface area contributed by atoms with Crippen LogP contribution in [0, 0.1) is 0 Å². The summed E-state index contributed by atoms with van der Waals surface area (Å²) >= 11 is 0. The molecule has 2 aliphatic heterocycles. The van der Waals surface area contributed by atoms with Crippen LogP contribution in [0.15, 0.2) is 218 Å². The smallest absolute Gasteiger partial charge is 0.0546 e. The van der Waals surface area contributed by atoms with Crippen molar-refractivity contribution >= 4 is 77.2 Å². The summed E-state index contributed by atoms with van der Waals surface area (Å²) in [6.07, 6.45) is 1.80. The molecule has 2 heterocycles. The maximum Gasteiger partial charge on any atom is 0.0546 e. The van der Waals surface area contributed by atoms with Crippen LogP contribution in [-0.2, 0) is 12.8 Å². The lowest BCUT2D eigenvalue weighted by atomic mass is 9.81. The third-order valence-corrected chi connectivity index (χ3v) is 13.4. The van der Waals surface area contributed by atoms with E-state index in [0.29, 0.717) is 0 Å². The van der Waals surface area contributed by atoms with Crippen molar-refractivity contribution < 1.29 is 0 Å². The Morgan fingerprint density at radius 3 is 0.935 bits per heavy atom. The van der Waals surface area contributed by atoms with Gasteiger partial charge in [-0.15, -0.1) is 0 Å². The molecule has 0 atom stereocenters. The molecule has 290 valence electrons. The van der Waals surface area contributed by atoms with Gasteiger partial charge in [0.15, 0.2) is 0 Å². The monoisotopic (exact) mass is 788 g/mol. The molecular formula is C60H40N2. The second-order valence-electron chi connectivity index (χ2n) is 16.7. The molecule has 0 bridgehead atoms. The predicted molar refractivity (Wildman–Crippen MR) is 262 cm³/mol. The van der Waals surface area contributed by atoms with Crippen LogP contribution in [0.3, 0.4) is 0 Å². The number of benzene rings is 11. The van der Waals surface area contributed by atoms with E-state index in [1.165, 1.54) is 122 Å². The molecule has 2 heteroatoms. The van der Waals surface area contributed by atoms with Gasteiger partial charge in [-0.3, -0.25) is 0 Å². The number of rotatable bonds is 4. The summed E-state index contributed by atoms with van der Waals surface area (Å²) < 4.78 is 0. The zero-order valence-corrected chi connectivity index (χ0v) is 34.1. The van der Waals surface area contributed by atoms with Gasteiger partial charge in [0, 0.05) is 57.5 Å². The Bertz CT molecular complexity index is 3280. The van der Waals surface area contributed by atoms with Gasteiger partial charge in [-0.2, -0.15) is 0 Å². The van der Waals surface area contributed by atoms with E-state index >= 15 is 0 Å². The fourth-order valence-electron chi connectivity index (χ4n) is 10.8. The van der Waals surface area contributed by atoms with Gasteiger partial charge in [-0.05, 0) is 102 Å². The lowest BCUT2D eigenvalue weighted by Gasteiger charge is -2.36. The zero-order chi connectivity index (χ0) is 40.7. The summed E-state index contributed by atoms with van der Waals surface area (Å²) in [5.41, 5.74) is 17.5. The van der Waals surface area contributed by atoms with Crippen LogP contribution < -0.4 is 9.80 Å². The Labute approximate surface area is 361 Å². The first-order valence-corrected chi connectivity index (χ1v) is 21.7. The Hall–Kier alpha value is -7.94. The summed E-state index contributed by atoms with van der Waals surface area (Å²) in [6.45, 7) is 0. The number of nitrogens with zero attached hydrogens (tertiary/aromatic N) is 2. The summed E-state index contributed by atoms with van der Waals surface area (Å²) in [7, 11) is 0. The minimum atomic E-state index is 0.899. The van der Waals surface area contributed by atoms with Gasteiger partial charge >= 0.3 is 0 Å². The van der Waals surface area contributed by atoms with Crippen LogP contribution in [0.25, 0.3) is 65.3 Å². The predicted octanol–water partition coefficient (Wildman–Crippen LogP) is 16.4. The SMILES string of the molecule is c1ccc2c(c1)Cc1ccccc1N2c1cccc2c(-c3cccc4ccccc34)c3c(N4c5ccccc5Cc5ccccc54)cccc3c(-c3cccc4ccccc34)c12. The van der Waals surface area contributed by atoms with Gasteiger partial charge in [-0.1, -0.05) is 182 Å². The minimum absolute atomic E-state index is 0.899. The summed E-state index contributed by atoms with van der Waals surface area (Å²) in [5.74, 6) is 0. The van der Waals surface area contributed by atoms with Crippen LogP contribution >= 0.6 is 0 Å². The molecule has 11 aromatic carbocycles. The molecule has 11 aromatic rings. The fourth-order valence-corrected chi connectivity index (χ4v) is 10.8. The number of fused-ring (bicyclic) bond motifs is 8. The van der Waals surface area contributed by atoms with E-state index in [1.807, 2.05) is 0 Å². The Kier molecular flexibility index (Phi) is 7.77. The molecule has 0 aliphatic carbocycles. The van der Waals surface area contributed by atoms with Gasteiger partial charge in [0.2, 0.25) is 0 Å². The molecule has 0 saturated heterocycles. The third kappa shape index (κ3) is 5.17. The lowest BCUT2D eigenvalue weighted by Crippen LogP contribution is -2.19. The van der Waals surface area contributed by atoms with Gasteiger partial charge in [0.05, 0.1) is 11.4 Å².